The van der Waals surface area contributed by atoms with Gasteiger partial charge < -0.3 is 10.6 Å². The SMILES string of the molecule is Cl.Cl.O=C(CC1CC2CCC(C1)N2)NCc1nc(C2CC2)cs1. The molecule has 2 unspecified atom stereocenters. The summed E-state index contributed by atoms with van der Waals surface area (Å²) in [5.74, 6) is 1.47. The Morgan fingerprint density at radius 3 is 2.57 bits per heavy atom. The van der Waals surface area contributed by atoms with Crippen LogP contribution >= 0.6 is 36.2 Å². The van der Waals surface area contributed by atoms with Gasteiger partial charge in [0, 0.05) is 29.8 Å². The molecule has 4 nitrogen and oxygen atoms in total. The van der Waals surface area contributed by atoms with Gasteiger partial charge in [-0.2, -0.15) is 0 Å². The highest BCUT2D eigenvalue weighted by Crippen LogP contribution is 2.40. The van der Waals surface area contributed by atoms with Gasteiger partial charge in [-0.15, -0.1) is 36.2 Å². The van der Waals surface area contributed by atoms with E-state index in [2.05, 4.69) is 21.0 Å². The maximum atomic E-state index is 12.1. The predicted octanol–water partition coefficient (Wildman–Crippen LogP) is 3.40. The van der Waals surface area contributed by atoms with E-state index < -0.39 is 0 Å². The van der Waals surface area contributed by atoms with Crippen molar-refractivity contribution in [3.63, 3.8) is 0 Å². The van der Waals surface area contributed by atoms with E-state index in [0.717, 1.165) is 5.01 Å². The lowest BCUT2D eigenvalue weighted by molar-refractivity contribution is -0.122. The second-order valence-electron chi connectivity index (χ2n) is 6.90. The molecule has 130 valence electrons. The molecule has 3 heterocycles. The van der Waals surface area contributed by atoms with Gasteiger partial charge in [-0.3, -0.25) is 4.79 Å². The average molecular weight is 378 g/mol. The van der Waals surface area contributed by atoms with Crippen LogP contribution in [0.2, 0.25) is 0 Å². The maximum absolute atomic E-state index is 12.1. The number of thiazole rings is 1. The fraction of sp³-hybridized carbons (Fsp3) is 0.750. The standard InChI is InChI=1S/C16H23N3OS.2ClH/c20-15(7-10-5-12-3-4-13(6-10)18-12)17-8-16-19-14(9-21-16)11-1-2-11;;/h9-13,18H,1-8H2,(H,17,20);2*1H. The van der Waals surface area contributed by atoms with Gasteiger partial charge in [-0.1, -0.05) is 0 Å². The number of carbonyl (C=O) groups excluding carboxylic acids is 1. The Labute approximate surface area is 154 Å². The Kier molecular flexibility index (Phi) is 6.72. The largest absolute Gasteiger partial charge is 0.350 e. The number of hydrogen-bond donors (Lipinski definition) is 2. The fourth-order valence-corrected chi connectivity index (χ4v) is 4.64. The van der Waals surface area contributed by atoms with Crippen molar-refractivity contribution in [1.82, 2.24) is 15.6 Å². The van der Waals surface area contributed by atoms with Crippen molar-refractivity contribution in [2.75, 3.05) is 0 Å². The van der Waals surface area contributed by atoms with E-state index in [9.17, 15) is 4.79 Å². The lowest BCUT2D eigenvalue weighted by Gasteiger charge is -2.28. The quantitative estimate of drug-likeness (QED) is 0.826. The van der Waals surface area contributed by atoms with Crippen LogP contribution in [0.3, 0.4) is 0 Å². The first-order valence-corrected chi connectivity index (χ1v) is 9.11. The third-order valence-electron chi connectivity index (χ3n) is 5.05. The second-order valence-corrected chi connectivity index (χ2v) is 7.84. The van der Waals surface area contributed by atoms with Crippen molar-refractivity contribution in [3.05, 3.63) is 16.1 Å². The zero-order valence-electron chi connectivity index (χ0n) is 13.1. The number of rotatable bonds is 5. The summed E-state index contributed by atoms with van der Waals surface area (Å²) in [6.07, 6.45) is 8.20. The number of nitrogens with zero attached hydrogens (tertiary/aromatic N) is 1. The minimum atomic E-state index is 0. The number of halogens is 2. The molecular weight excluding hydrogens is 353 g/mol. The Hall–Kier alpha value is -0.360. The molecule has 0 spiro atoms. The van der Waals surface area contributed by atoms with Crippen LogP contribution in [0.5, 0.6) is 0 Å². The molecule has 2 bridgehead atoms. The lowest BCUT2D eigenvalue weighted by atomic mass is 9.89. The summed E-state index contributed by atoms with van der Waals surface area (Å²) in [5, 5.41) is 9.90. The molecule has 1 saturated carbocycles. The van der Waals surface area contributed by atoms with Crippen LogP contribution in [0.15, 0.2) is 5.38 Å². The smallest absolute Gasteiger partial charge is 0.220 e. The van der Waals surface area contributed by atoms with E-state index in [1.807, 2.05) is 0 Å². The van der Waals surface area contributed by atoms with Gasteiger partial charge in [0.2, 0.25) is 5.91 Å². The highest BCUT2D eigenvalue weighted by atomic mass is 35.5. The van der Waals surface area contributed by atoms with Crippen LogP contribution in [0.1, 0.15) is 61.6 Å². The van der Waals surface area contributed by atoms with Crippen molar-refractivity contribution in [3.8, 4) is 0 Å². The number of piperidine rings is 1. The minimum Gasteiger partial charge on any atom is -0.350 e. The zero-order valence-corrected chi connectivity index (χ0v) is 15.6. The first kappa shape index (κ1) is 19.0. The Morgan fingerprint density at radius 1 is 1.22 bits per heavy atom. The Morgan fingerprint density at radius 2 is 1.91 bits per heavy atom. The zero-order chi connectivity index (χ0) is 14.2. The van der Waals surface area contributed by atoms with Gasteiger partial charge in [0.05, 0.1) is 12.2 Å². The van der Waals surface area contributed by atoms with Gasteiger partial charge in [-0.25, -0.2) is 4.98 Å². The molecule has 7 heteroatoms. The molecule has 2 atom stereocenters. The summed E-state index contributed by atoms with van der Waals surface area (Å²) in [5.41, 5.74) is 1.24. The molecule has 1 aliphatic carbocycles. The van der Waals surface area contributed by atoms with Crippen molar-refractivity contribution >= 4 is 42.1 Å². The molecule has 4 rings (SSSR count). The molecule has 1 aromatic rings. The van der Waals surface area contributed by atoms with Crippen LogP contribution in [0, 0.1) is 5.92 Å². The molecule has 23 heavy (non-hydrogen) atoms. The number of amides is 1. The molecule has 1 amide bonds. The van der Waals surface area contributed by atoms with E-state index in [-0.39, 0.29) is 30.7 Å². The highest BCUT2D eigenvalue weighted by Gasteiger charge is 2.34. The van der Waals surface area contributed by atoms with E-state index >= 15 is 0 Å². The molecule has 3 fully saturated rings. The predicted molar refractivity (Wildman–Crippen MR) is 97.7 cm³/mol. The Bertz CT molecular complexity index is 523. The first-order chi connectivity index (χ1) is 10.3. The molecule has 2 saturated heterocycles. The maximum Gasteiger partial charge on any atom is 0.220 e. The molecule has 3 aliphatic rings. The molecule has 2 N–H and O–H groups in total. The molecule has 0 aromatic carbocycles. The number of nitrogens with one attached hydrogen (secondary N) is 2. The van der Waals surface area contributed by atoms with Gasteiger partial charge in [0.1, 0.15) is 5.01 Å². The van der Waals surface area contributed by atoms with E-state index in [0.29, 0.717) is 36.9 Å². The summed E-state index contributed by atoms with van der Waals surface area (Å²) in [7, 11) is 0. The minimum absolute atomic E-state index is 0. The monoisotopic (exact) mass is 377 g/mol. The third-order valence-corrected chi connectivity index (χ3v) is 5.91. The number of fused-ring (bicyclic) bond motifs is 2. The van der Waals surface area contributed by atoms with Crippen molar-refractivity contribution in [1.29, 1.82) is 0 Å². The Balaban J connectivity index is 0.000000960. The van der Waals surface area contributed by atoms with Gasteiger partial charge in [-0.05, 0) is 44.4 Å². The van der Waals surface area contributed by atoms with E-state index in [4.69, 9.17) is 0 Å². The third kappa shape index (κ3) is 4.81. The van der Waals surface area contributed by atoms with Crippen LogP contribution in [-0.4, -0.2) is 23.0 Å². The van der Waals surface area contributed by atoms with Crippen LogP contribution in [-0.2, 0) is 11.3 Å². The normalized spacial score (nSPS) is 28.6. The van der Waals surface area contributed by atoms with Gasteiger partial charge in [0.25, 0.3) is 0 Å². The molecule has 1 aromatic heterocycles. The average Bonchev–Trinajstić information content (AvgIpc) is 3.12. The summed E-state index contributed by atoms with van der Waals surface area (Å²) in [4.78, 5) is 16.7. The van der Waals surface area contributed by atoms with Crippen LogP contribution in [0.4, 0.5) is 0 Å². The van der Waals surface area contributed by atoms with Crippen molar-refractivity contribution in [2.45, 2.75) is 69.5 Å². The van der Waals surface area contributed by atoms with Crippen LogP contribution < -0.4 is 10.6 Å². The van der Waals surface area contributed by atoms with E-state index in [1.54, 1.807) is 11.3 Å². The number of aromatic nitrogens is 1. The van der Waals surface area contributed by atoms with Crippen molar-refractivity contribution in [2.24, 2.45) is 5.92 Å². The topological polar surface area (TPSA) is 54.0 Å². The number of carbonyl (C=O) groups is 1. The number of hydrogen-bond acceptors (Lipinski definition) is 4. The van der Waals surface area contributed by atoms with Crippen LogP contribution in [0.25, 0.3) is 0 Å². The summed E-state index contributed by atoms with van der Waals surface area (Å²) >= 11 is 1.68. The highest BCUT2D eigenvalue weighted by molar-refractivity contribution is 7.09. The molecule has 2 aliphatic heterocycles. The van der Waals surface area contributed by atoms with E-state index in [1.165, 1.54) is 44.2 Å². The summed E-state index contributed by atoms with van der Waals surface area (Å²) in [6.45, 7) is 0.605. The first-order valence-electron chi connectivity index (χ1n) is 8.23. The lowest BCUT2D eigenvalue weighted by Crippen LogP contribution is -2.39. The summed E-state index contributed by atoms with van der Waals surface area (Å²) in [6, 6.07) is 1.34. The molecular formula is C16H25Cl2N3OS. The van der Waals surface area contributed by atoms with Gasteiger partial charge in [0.15, 0.2) is 0 Å². The molecule has 0 radical (unpaired) electrons. The van der Waals surface area contributed by atoms with Crippen molar-refractivity contribution < 1.29 is 4.79 Å². The summed E-state index contributed by atoms with van der Waals surface area (Å²) < 4.78 is 0. The van der Waals surface area contributed by atoms with Gasteiger partial charge >= 0.3 is 0 Å². The second kappa shape index (κ2) is 8.15. The fourth-order valence-electron chi connectivity index (χ4n) is 3.82.